The standard InChI is InChI=1S/C16H28FN3/c1-13(2)11-20(8-7-19(3)4)12-14-5-6-16(17)9-15(14)10-18/h5-6,9,13H,7-8,10-12,18H2,1-4H3. The molecule has 0 radical (unpaired) electrons. The lowest BCUT2D eigenvalue weighted by Crippen LogP contribution is -2.34. The molecule has 0 aliphatic carbocycles. The van der Waals surface area contributed by atoms with Crippen LogP contribution in [-0.4, -0.2) is 43.5 Å². The molecule has 20 heavy (non-hydrogen) atoms. The van der Waals surface area contributed by atoms with Crippen molar-refractivity contribution in [3.05, 3.63) is 35.1 Å². The maximum Gasteiger partial charge on any atom is 0.123 e. The summed E-state index contributed by atoms with van der Waals surface area (Å²) in [7, 11) is 4.16. The Balaban J connectivity index is 2.77. The predicted molar refractivity (Wildman–Crippen MR) is 83.0 cm³/mol. The zero-order chi connectivity index (χ0) is 15.1. The number of hydrogen-bond donors (Lipinski definition) is 1. The van der Waals surface area contributed by atoms with Crippen LogP contribution in [0.4, 0.5) is 4.39 Å². The Labute approximate surface area is 122 Å². The van der Waals surface area contributed by atoms with Crippen LogP contribution in [0.3, 0.4) is 0 Å². The van der Waals surface area contributed by atoms with Crippen molar-refractivity contribution in [2.24, 2.45) is 11.7 Å². The minimum atomic E-state index is -0.210. The van der Waals surface area contributed by atoms with E-state index < -0.39 is 0 Å². The molecule has 2 N–H and O–H groups in total. The van der Waals surface area contributed by atoms with Gasteiger partial charge in [0.15, 0.2) is 0 Å². The number of nitrogens with two attached hydrogens (primary N) is 1. The fourth-order valence-corrected chi connectivity index (χ4v) is 2.27. The number of rotatable bonds is 8. The summed E-state index contributed by atoms with van der Waals surface area (Å²) < 4.78 is 13.3. The molecule has 0 aromatic heterocycles. The van der Waals surface area contributed by atoms with E-state index in [1.54, 1.807) is 6.07 Å². The fourth-order valence-electron chi connectivity index (χ4n) is 2.27. The number of nitrogens with zero attached hydrogens (tertiary/aromatic N) is 2. The molecule has 0 saturated carbocycles. The van der Waals surface area contributed by atoms with Crippen molar-refractivity contribution in [3.8, 4) is 0 Å². The number of benzene rings is 1. The third-order valence-corrected chi connectivity index (χ3v) is 3.27. The predicted octanol–water partition coefficient (Wildman–Crippen LogP) is 2.30. The SMILES string of the molecule is CC(C)CN(CCN(C)C)Cc1ccc(F)cc1CN. The lowest BCUT2D eigenvalue weighted by atomic mass is 10.1. The van der Waals surface area contributed by atoms with Gasteiger partial charge in [-0.05, 0) is 43.3 Å². The van der Waals surface area contributed by atoms with Gasteiger partial charge in [0.2, 0.25) is 0 Å². The van der Waals surface area contributed by atoms with E-state index in [2.05, 4.69) is 37.7 Å². The lowest BCUT2D eigenvalue weighted by molar-refractivity contribution is 0.211. The van der Waals surface area contributed by atoms with E-state index >= 15 is 0 Å². The monoisotopic (exact) mass is 281 g/mol. The molecular formula is C16H28FN3. The third kappa shape index (κ3) is 5.99. The first-order chi connectivity index (χ1) is 9.42. The van der Waals surface area contributed by atoms with E-state index in [4.69, 9.17) is 5.73 Å². The van der Waals surface area contributed by atoms with Gasteiger partial charge in [0.05, 0.1) is 0 Å². The number of hydrogen-bond acceptors (Lipinski definition) is 3. The Bertz CT molecular complexity index is 405. The van der Waals surface area contributed by atoms with Gasteiger partial charge in [0, 0.05) is 32.7 Å². The summed E-state index contributed by atoms with van der Waals surface area (Å²) in [5.41, 5.74) is 7.76. The first-order valence-electron chi connectivity index (χ1n) is 7.26. The topological polar surface area (TPSA) is 32.5 Å². The van der Waals surface area contributed by atoms with Crippen LogP contribution in [0, 0.1) is 11.7 Å². The van der Waals surface area contributed by atoms with Gasteiger partial charge in [-0.2, -0.15) is 0 Å². The molecule has 0 saturated heterocycles. The van der Waals surface area contributed by atoms with E-state index in [-0.39, 0.29) is 5.82 Å². The van der Waals surface area contributed by atoms with Gasteiger partial charge in [0.25, 0.3) is 0 Å². The van der Waals surface area contributed by atoms with Crippen molar-refractivity contribution in [3.63, 3.8) is 0 Å². The van der Waals surface area contributed by atoms with Crippen LogP contribution in [0.25, 0.3) is 0 Å². The van der Waals surface area contributed by atoms with Gasteiger partial charge in [0.1, 0.15) is 5.82 Å². The zero-order valence-corrected chi connectivity index (χ0v) is 13.2. The quantitative estimate of drug-likeness (QED) is 0.793. The maximum absolute atomic E-state index is 13.3. The normalized spacial score (nSPS) is 11.8. The molecule has 4 heteroatoms. The molecule has 0 amide bonds. The van der Waals surface area contributed by atoms with Crippen LogP contribution in [0.1, 0.15) is 25.0 Å². The van der Waals surface area contributed by atoms with Gasteiger partial charge >= 0.3 is 0 Å². The molecule has 0 fully saturated rings. The highest BCUT2D eigenvalue weighted by atomic mass is 19.1. The van der Waals surface area contributed by atoms with Crippen molar-refractivity contribution in [1.29, 1.82) is 0 Å². The van der Waals surface area contributed by atoms with E-state index in [9.17, 15) is 4.39 Å². The summed E-state index contributed by atoms with van der Waals surface area (Å²) in [6, 6.07) is 4.93. The first kappa shape index (κ1) is 17.1. The highest BCUT2D eigenvalue weighted by Crippen LogP contribution is 2.14. The van der Waals surface area contributed by atoms with E-state index in [1.165, 1.54) is 6.07 Å². The Morgan fingerprint density at radius 1 is 1.15 bits per heavy atom. The van der Waals surface area contributed by atoms with E-state index in [0.29, 0.717) is 12.5 Å². The summed E-state index contributed by atoms with van der Waals surface area (Å²) in [5, 5.41) is 0. The van der Waals surface area contributed by atoms with Crippen LogP contribution in [0.2, 0.25) is 0 Å². The van der Waals surface area contributed by atoms with Crippen molar-refractivity contribution < 1.29 is 4.39 Å². The average Bonchev–Trinajstić information content (AvgIpc) is 2.37. The summed E-state index contributed by atoms with van der Waals surface area (Å²) in [4.78, 5) is 4.60. The van der Waals surface area contributed by atoms with Gasteiger partial charge in [-0.1, -0.05) is 19.9 Å². The summed E-state index contributed by atoms with van der Waals surface area (Å²) in [5.74, 6) is 0.400. The van der Waals surface area contributed by atoms with Crippen molar-refractivity contribution in [2.45, 2.75) is 26.9 Å². The Morgan fingerprint density at radius 3 is 2.40 bits per heavy atom. The first-order valence-corrected chi connectivity index (χ1v) is 7.26. The highest BCUT2D eigenvalue weighted by molar-refractivity contribution is 5.27. The van der Waals surface area contributed by atoms with Crippen molar-refractivity contribution >= 4 is 0 Å². The summed E-state index contributed by atoms with van der Waals surface area (Å²) >= 11 is 0. The second-order valence-electron chi connectivity index (χ2n) is 6.05. The maximum atomic E-state index is 13.3. The van der Waals surface area contributed by atoms with Crippen LogP contribution in [0.5, 0.6) is 0 Å². The lowest BCUT2D eigenvalue weighted by Gasteiger charge is -2.26. The molecule has 0 heterocycles. The minimum absolute atomic E-state index is 0.210. The highest BCUT2D eigenvalue weighted by Gasteiger charge is 2.11. The smallest absolute Gasteiger partial charge is 0.123 e. The second kappa shape index (κ2) is 8.35. The number of halogens is 1. The van der Waals surface area contributed by atoms with E-state index in [1.807, 2.05) is 6.07 Å². The van der Waals surface area contributed by atoms with Crippen LogP contribution >= 0.6 is 0 Å². The Morgan fingerprint density at radius 2 is 1.85 bits per heavy atom. The molecule has 0 spiro atoms. The van der Waals surface area contributed by atoms with E-state index in [0.717, 1.165) is 37.3 Å². The fraction of sp³-hybridized carbons (Fsp3) is 0.625. The van der Waals surface area contributed by atoms with Crippen LogP contribution in [-0.2, 0) is 13.1 Å². The van der Waals surface area contributed by atoms with Gasteiger partial charge in [-0.3, -0.25) is 4.90 Å². The second-order valence-corrected chi connectivity index (χ2v) is 6.05. The van der Waals surface area contributed by atoms with Gasteiger partial charge in [-0.25, -0.2) is 4.39 Å². The van der Waals surface area contributed by atoms with Gasteiger partial charge < -0.3 is 10.6 Å². The van der Waals surface area contributed by atoms with Crippen LogP contribution < -0.4 is 5.73 Å². The molecule has 114 valence electrons. The molecular weight excluding hydrogens is 253 g/mol. The van der Waals surface area contributed by atoms with Crippen LogP contribution in [0.15, 0.2) is 18.2 Å². The largest absolute Gasteiger partial charge is 0.326 e. The third-order valence-electron chi connectivity index (χ3n) is 3.27. The van der Waals surface area contributed by atoms with Gasteiger partial charge in [-0.15, -0.1) is 0 Å². The Hall–Kier alpha value is -0.970. The molecule has 1 aromatic carbocycles. The van der Waals surface area contributed by atoms with Crippen molar-refractivity contribution in [2.75, 3.05) is 33.7 Å². The zero-order valence-electron chi connectivity index (χ0n) is 13.2. The molecule has 0 aliphatic heterocycles. The van der Waals surface area contributed by atoms with Crippen molar-refractivity contribution in [1.82, 2.24) is 9.80 Å². The molecule has 0 atom stereocenters. The molecule has 0 bridgehead atoms. The Kier molecular flexibility index (Phi) is 7.13. The summed E-state index contributed by atoms with van der Waals surface area (Å²) in [6.45, 7) is 8.72. The molecule has 1 rings (SSSR count). The average molecular weight is 281 g/mol. The molecule has 0 aliphatic rings. The molecule has 0 unspecified atom stereocenters. The summed E-state index contributed by atoms with van der Waals surface area (Å²) in [6.07, 6.45) is 0. The molecule has 1 aromatic rings. The number of likely N-dealkylation sites (N-methyl/N-ethyl adjacent to an activating group) is 1. The minimum Gasteiger partial charge on any atom is -0.326 e. The molecule has 3 nitrogen and oxygen atoms in total.